The van der Waals surface area contributed by atoms with Gasteiger partial charge in [0, 0.05) is 12.2 Å². The van der Waals surface area contributed by atoms with E-state index in [1.54, 1.807) is 0 Å². The van der Waals surface area contributed by atoms with Gasteiger partial charge in [-0.25, -0.2) is 0 Å². The minimum atomic E-state index is -0.0656. The monoisotopic (exact) mass is 309 g/mol. The second kappa shape index (κ2) is 7.42. The topological polar surface area (TPSA) is 49.3 Å². The van der Waals surface area contributed by atoms with E-state index in [1.165, 1.54) is 17.5 Å². The lowest BCUT2D eigenvalue weighted by Gasteiger charge is -2.19. The molecule has 0 bridgehead atoms. The standard InChI is InChI=1S/C20H23NO2/c22-13-5-10-19(16-6-2-1-3-7-16)21-20(23)18-12-11-15-8-4-9-17(15)14-18/h1-3,6-7,11-12,14,19,22H,4-5,8-10,13H2,(H,21,23). The molecule has 1 amide bonds. The molecule has 2 aromatic carbocycles. The summed E-state index contributed by atoms with van der Waals surface area (Å²) < 4.78 is 0. The number of hydrogen-bond donors (Lipinski definition) is 2. The number of carbonyl (C=O) groups is 1. The summed E-state index contributed by atoms with van der Waals surface area (Å²) in [4.78, 5) is 12.6. The first kappa shape index (κ1) is 15.8. The Morgan fingerprint density at radius 3 is 2.65 bits per heavy atom. The molecule has 0 heterocycles. The number of benzene rings is 2. The first-order chi connectivity index (χ1) is 11.3. The predicted octanol–water partition coefficient (Wildman–Crippen LogP) is 3.42. The van der Waals surface area contributed by atoms with Gasteiger partial charge < -0.3 is 10.4 Å². The molecule has 1 aliphatic carbocycles. The van der Waals surface area contributed by atoms with Crippen molar-refractivity contribution in [3.63, 3.8) is 0 Å². The molecule has 0 aliphatic heterocycles. The molecule has 0 aromatic heterocycles. The number of carbonyl (C=O) groups excluding carboxylic acids is 1. The minimum absolute atomic E-state index is 0.0357. The van der Waals surface area contributed by atoms with Crippen molar-refractivity contribution in [1.82, 2.24) is 5.32 Å². The van der Waals surface area contributed by atoms with E-state index >= 15 is 0 Å². The number of aliphatic hydroxyl groups excluding tert-OH is 1. The number of nitrogens with one attached hydrogen (secondary N) is 1. The zero-order valence-electron chi connectivity index (χ0n) is 13.3. The highest BCUT2D eigenvalue weighted by molar-refractivity contribution is 5.94. The van der Waals surface area contributed by atoms with Gasteiger partial charge in [-0.3, -0.25) is 4.79 Å². The molecule has 0 saturated heterocycles. The van der Waals surface area contributed by atoms with Crippen molar-refractivity contribution in [2.75, 3.05) is 6.61 Å². The lowest BCUT2D eigenvalue weighted by atomic mass is 10.0. The van der Waals surface area contributed by atoms with Crippen LogP contribution in [0.5, 0.6) is 0 Å². The van der Waals surface area contributed by atoms with Crippen molar-refractivity contribution in [1.29, 1.82) is 0 Å². The fraction of sp³-hybridized carbons (Fsp3) is 0.350. The Balaban J connectivity index is 1.75. The maximum Gasteiger partial charge on any atom is 0.251 e. The number of aryl methyl sites for hydroxylation is 2. The molecular formula is C20H23NO2. The second-order valence-electron chi connectivity index (χ2n) is 6.14. The van der Waals surface area contributed by atoms with Crippen LogP contribution in [0.25, 0.3) is 0 Å². The molecule has 0 saturated carbocycles. The third-order valence-electron chi connectivity index (χ3n) is 4.52. The van der Waals surface area contributed by atoms with Gasteiger partial charge in [-0.2, -0.15) is 0 Å². The van der Waals surface area contributed by atoms with Gasteiger partial charge in [0.15, 0.2) is 0 Å². The Bertz CT molecular complexity index is 667. The maximum absolute atomic E-state index is 12.6. The van der Waals surface area contributed by atoms with Crippen LogP contribution < -0.4 is 5.32 Å². The lowest BCUT2D eigenvalue weighted by molar-refractivity contribution is 0.0932. The lowest BCUT2D eigenvalue weighted by Crippen LogP contribution is -2.28. The molecule has 0 spiro atoms. The average Bonchev–Trinajstić information content (AvgIpc) is 3.06. The van der Waals surface area contributed by atoms with Crippen LogP contribution in [0.2, 0.25) is 0 Å². The Hall–Kier alpha value is -2.13. The minimum Gasteiger partial charge on any atom is -0.396 e. The zero-order chi connectivity index (χ0) is 16.1. The predicted molar refractivity (Wildman–Crippen MR) is 91.4 cm³/mol. The van der Waals surface area contributed by atoms with Crippen LogP contribution in [-0.4, -0.2) is 17.6 Å². The first-order valence-corrected chi connectivity index (χ1v) is 8.36. The second-order valence-corrected chi connectivity index (χ2v) is 6.14. The van der Waals surface area contributed by atoms with Gasteiger partial charge in [0.2, 0.25) is 0 Å². The summed E-state index contributed by atoms with van der Waals surface area (Å²) in [7, 11) is 0. The normalized spacial score (nSPS) is 14.3. The van der Waals surface area contributed by atoms with Crippen molar-refractivity contribution in [3.8, 4) is 0 Å². The Morgan fingerprint density at radius 1 is 1.09 bits per heavy atom. The van der Waals surface area contributed by atoms with Crippen LogP contribution in [0.3, 0.4) is 0 Å². The number of amides is 1. The van der Waals surface area contributed by atoms with E-state index in [2.05, 4.69) is 11.4 Å². The van der Waals surface area contributed by atoms with Crippen LogP contribution >= 0.6 is 0 Å². The molecule has 2 aromatic rings. The number of fused-ring (bicyclic) bond motifs is 1. The zero-order valence-corrected chi connectivity index (χ0v) is 13.3. The Labute approximate surface area is 137 Å². The number of aliphatic hydroxyl groups is 1. The van der Waals surface area contributed by atoms with Gasteiger partial charge in [-0.15, -0.1) is 0 Å². The van der Waals surface area contributed by atoms with Gasteiger partial charge in [0.05, 0.1) is 6.04 Å². The number of rotatable bonds is 6. The van der Waals surface area contributed by atoms with Gasteiger partial charge in [0.25, 0.3) is 5.91 Å². The molecule has 1 aliphatic rings. The Kier molecular flexibility index (Phi) is 5.09. The highest BCUT2D eigenvalue weighted by atomic mass is 16.3. The van der Waals surface area contributed by atoms with Crippen molar-refractivity contribution in [3.05, 3.63) is 70.8 Å². The summed E-state index contributed by atoms with van der Waals surface area (Å²) in [5.74, 6) is -0.0357. The van der Waals surface area contributed by atoms with E-state index in [-0.39, 0.29) is 18.6 Å². The molecule has 1 unspecified atom stereocenters. The largest absolute Gasteiger partial charge is 0.396 e. The van der Waals surface area contributed by atoms with E-state index in [0.29, 0.717) is 6.42 Å². The van der Waals surface area contributed by atoms with E-state index < -0.39 is 0 Å². The summed E-state index contributed by atoms with van der Waals surface area (Å²) in [6.45, 7) is 0.137. The quantitative estimate of drug-likeness (QED) is 0.859. The van der Waals surface area contributed by atoms with Gasteiger partial charge in [-0.05, 0) is 60.9 Å². The summed E-state index contributed by atoms with van der Waals surface area (Å²) in [5, 5.41) is 12.2. The average molecular weight is 309 g/mol. The van der Waals surface area contributed by atoms with Gasteiger partial charge >= 0.3 is 0 Å². The molecule has 3 rings (SSSR count). The SMILES string of the molecule is O=C(NC(CCCO)c1ccccc1)c1ccc2c(c1)CCC2. The van der Waals surface area contributed by atoms with Crippen LogP contribution in [0.4, 0.5) is 0 Å². The summed E-state index contributed by atoms with van der Waals surface area (Å²) in [5.41, 5.74) is 4.50. The summed E-state index contributed by atoms with van der Waals surface area (Å²) in [6, 6.07) is 15.9. The Morgan fingerprint density at radius 2 is 1.87 bits per heavy atom. The van der Waals surface area contributed by atoms with Crippen LogP contribution in [0.15, 0.2) is 48.5 Å². The molecular weight excluding hydrogens is 286 g/mol. The van der Waals surface area contributed by atoms with Crippen molar-refractivity contribution in [2.45, 2.75) is 38.1 Å². The molecule has 120 valence electrons. The number of hydrogen-bond acceptors (Lipinski definition) is 2. The third-order valence-corrected chi connectivity index (χ3v) is 4.52. The van der Waals surface area contributed by atoms with Gasteiger partial charge in [-0.1, -0.05) is 36.4 Å². The maximum atomic E-state index is 12.6. The van der Waals surface area contributed by atoms with Gasteiger partial charge in [0.1, 0.15) is 0 Å². The summed E-state index contributed by atoms with van der Waals surface area (Å²) >= 11 is 0. The van der Waals surface area contributed by atoms with E-state index in [4.69, 9.17) is 5.11 Å². The van der Waals surface area contributed by atoms with E-state index in [0.717, 1.165) is 30.4 Å². The van der Waals surface area contributed by atoms with Crippen LogP contribution in [0.1, 0.15) is 52.4 Å². The molecule has 1 atom stereocenters. The highest BCUT2D eigenvalue weighted by Gasteiger charge is 2.17. The fourth-order valence-corrected chi connectivity index (χ4v) is 3.26. The van der Waals surface area contributed by atoms with Crippen LogP contribution in [0, 0.1) is 0 Å². The smallest absolute Gasteiger partial charge is 0.251 e. The molecule has 3 heteroatoms. The molecule has 2 N–H and O–H groups in total. The summed E-state index contributed by atoms with van der Waals surface area (Å²) in [6.07, 6.45) is 4.79. The van der Waals surface area contributed by atoms with Crippen molar-refractivity contribution >= 4 is 5.91 Å². The molecule has 0 radical (unpaired) electrons. The van der Waals surface area contributed by atoms with Crippen LogP contribution in [-0.2, 0) is 12.8 Å². The van der Waals surface area contributed by atoms with E-state index in [9.17, 15) is 4.79 Å². The third kappa shape index (κ3) is 3.80. The fourth-order valence-electron chi connectivity index (χ4n) is 3.26. The van der Waals surface area contributed by atoms with Crippen molar-refractivity contribution in [2.24, 2.45) is 0 Å². The van der Waals surface area contributed by atoms with Crippen molar-refractivity contribution < 1.29 is 9.90 Å². The highest BCUT2D eigenvalue weighted by Crippen LogP contribution is 2.24. The van der Waals surface area contributed by atoms with E-state index in [1.807, 2.05) is 42.5 Å². The molecule has 23 heavy (non-hydrogen) atoms. The molecule has 0 fully saturated rings. The first-order valence-electron chi connectivity index (χ1n) is 8.36. The molecule has 3 nitrogen and oxygen atoms in total.